The molecule has 0 aromatic carbocycles. The van der Waals surface area contributed by atoms with Gasteiger partial charge in [-0.05, 0) is 39.0 Å². The second kappa shape index (κ2) is 8.07. The fraction of sp³-hybridized carbons (Fsp3) is 0.643. The molecular formula is C14H23NO2. The number of carbonyl (C=O) groups is 1. The van der Waals surface area contributed by atoms with Gasteiger partial charge in [0, 0.05) is 6.54 Å². The van der Waals surface area contributed by atoms with Crippen molar-refractivity contribution in [1.29, 1.82) is 0 Å². The molecule has 1 aliphatic carbocycles. The van der Waals surface area contributed by atoms with Crippen molar-refractivity contribution in [2.45, 2.75) is 33.1 Å². The second-order valence-corrected chi connectivity index (χ2v) is 4.43. The molecule has 0 radical (unpaired) electrons. The van der Waals surface area contributed by atoms with Crippen molar-refractivity contribution in [1.82, 2.24) is 5.32 Å². The van der Waals surface area contributed by atoms with Gasteiger partial charge in [-0.1, -0.05) is 23.8 Å². The molecule has 0 bridgehead atoms. The molecule has 0 aliphatic heterocycles. The van der Waals surface area contributed by atoms with E-state index in [0.717, 1.165) is 13.0 Å². The van der Waals surface area contributed by atoms with E-state index in [1.54, 1.807) is 0 Å². The average Bonchev–Trinajstić information content (AvgIpc) is 2.28. The molecule has 96 valence electrons. The van der Waals surface area contributed by atoms with Crippen LogP contribution in [0.3, 0.4) is 0 Å². The van der Waals surface area contributed by atoms with Crippen molar-refractivity contribution in [3.8, 4) is 0 Å². The molecule has 0 aromatic heterocycles. The van der Waals surface area contributed by atoms with Crippen LogP contribution in [0.4, 0.5) is 0 Å². The molecule has 1 atom stereocenters. The lowest BCUT2D eigenvalue weighted by atomic mass is 9.97. The highest BCUT2D eigenvalue weighted by Gasteiger charge is 2.07. The molecule has 1 rings (SSSR count). The third kappa shape index (κ3) is 6.27. The number of hydrogen-bond acceptors (Lipinski definition) is 3. The molecule has 1 N–H and O–H groups in total. The van der Waals surface area contributed by atoms with Crippen LogP contribution in [0.15, 0.2) is 23.8 Å². The lowest BCUT2D eigenvalue weighted by Gasteiger charge is -2.15. The van der Waals surface area contributed by atoms with Crippen LogP contribution >= 0.6 is 0 Å². The maximum absolute atomic E-state index is 11.1. The monoisotopic (exact) mass is 237 g/mol. The van der Waals surface area contributed by atoms with E-state index in [2.05, 4.69) is 30.5 Å². The number of hydrogen-bond donors (Lipinski definition) is 1. The molecule has 0 amide bonds. The van der Waals surface area contributed by atoms with E-state index in [1.165, 1.54) is 18.4 Å². The standard InChI is InChI=1S/C14H23NO2/c1-3-17-14(16)11-15-10-13-7-5-4-6-12(2)8-9-13/h6,8-9,13,15H,3-5,7,10-11H2,1-2H3. The maximum atomic E-state index is 11.1. The summed E-state index contributed by atoms with van der Waals surface area (Å²) in [6, 6.07) is 0. The Labute approximate surface area is 104 Å². The number of allylic oxidation sites excluding steroid dienone is 3. The zero-order valence-electron chi connectivity index (χ0n) is 10.9. The molecule has 0 saturated carbocycles. The van der Waals surface area contributed by atoms with Crippen LogP contribution < -0.4 is 5.32 Å². The predicted molar refractivity (Wildman–Crippen MR) is 69.7 cm³/mol. The van der Waals surface area contributed by atoms with Gasteiger partial charge in [0.2, 0.25) is 0 Å². The highest BCUT2D eigenvalue weighted by atomic mass is 16.5. The summed E-state index contributed by atoms with van der Waals surface area (Å²) in [7, 11) is 0. The first-order valence-corrected chi connectivity index (χ1v) is 6.43. The average molecular weight is 237 g/mol. The van der Waals surface area contributed by atoms with Crippen molar-refractivity contribution >= 4 is 5.97 Å². The van der Waals surface area contributed by atoms with Gasteiger partial charge in [-0.3, -0.25) is 4.79 Å². The summed E-state index contributed by atoms with van der Waals surface area (Å²) in [5.41, 5.74) is 1.33. The molecule has 1 aliphatic rings. The van der Waals surface area contributed by atoms with E-state index in [0.29, 0.717) is 19.1 Å². The van der Waals surface area contributed by atoms with Crippen LogP contribution in [0.1, 0.15) is 33.1 Å². The minimum absolute atomic E-state index is 0.168. The van der Waals surface area contributed by atoms with Crippen molar-refractivity contribution in [2.75, 3.05) is 19.7 Å². The van der Waals surface area contributed by atoms with Gasteiger partial charge >= 0.3 is 5.97 Å². The fourth-order valence-corrected chi connectivity index (χ4v) is 1.90. The number of carbonyl (C=O) groups excluding carboxylic acids is 1. The zero-order chi connectivity index (χ0) is 12.5. The Hall–Kier alpha value is -1.09. The van der Waals surface area contributed by atoms with Crippen molar-refractivity contribution < 1.29 is 9.53 Å². The van der Waals surface area contributed by atoms with Crippen LogP contribution in [-0.2, 0) is 9.53 Å². The Morgan fingerprint density at radius 3 is 3.18 bits per heavy atom. The lowest BCUT2D eigenvalue weighted by Crippen LogP contribution is -2.29. The number of ether oxygens (including phenoxy) is 1. The predicted octanol–water partition coefficient (Wildman–Crippen LogP) is 2.44. The van der Waals surface area contributed by atoms with Crippen LogP contribution in [0.25, 0.3) is 0 Å². The zero-order valence-corrected chi connectivity index (χ0v) is 10.9. The van der Waals surface area contributed by atoms with Gasteiger partial charge in [-0.25, -0.2) is 0 Å². The van der Waals surface area contributed by atoms with Crippen LogP contribution in [0, 0.1) is 5.92 Å². The first-order valence-electron chi connectivity index (χ1n) is 6.43. The smallest absolute Gasteiger partial charge is 0.319 e. The first-order chi connectivity index (χ1) is 8.22. The molecule has 3 nitrogen and oxygen atoms in total. The SMILES string of the molecule is CCOC(=O)CNCC1C=CC(C)=CCCC1. The van der Waals surface area contributed by atoms with Crippen molar-refractivity contribution in [3.63, 3.8) is 0 Å². The summed E-state index contributed by atoms with van der Waals surface area (Å²) in [6.45, 7) is 5.57. The fourth-order valence-electron chi connectivity index (χ4n) is 1.90. The lowest BCUT2D eigenvalue weighted by molar-refractivity contribution is -0.142. The maximum Gasteiger partial charge on any atom is 0.319 e. The Bertz CT molecular complexity index is 295. The molecule has 0 aromatic rings. The van der Waals surface area contributed by atoms with Gasteiger partial charge in [0.1, 0.15) is 0 Å². The Morgan fingerprint density at radius 1 is 1.59 bits per heavy atom. The highest BCUT2D eigenvalue weighted by Crippen LogP contribution is 2.15. The number of esters is 1. The summed E-state index contributed by atoms with van der Waals surface area (Å²) in [6.07, 6.45) is 10.2. The quantitative estimate of drug-likeness (QED) is 0.746. The molecule has 17 heavy (non-hydrogen) atoms. The number of nitrogens with one attached hydrogen (secondary N) is 1. The molecule has 0 fully saturated rings. The highest BCUT2D eigenvalue weighted by molar-refractivity contribution is 5.71. The van der Waals surface area contributed by atoms with E-state index in [1.807, 2.05) is 6.92 Å². The van der Waals surface area contributed by atoms with Crippen LogP contribution in [0.5, 0.6) is 0 Å². The largest absolute Gasteiger partial charge is 0.465 e. The van der Waals surface area contributed by atoms with Gasteiger partial charge < -0.3 is 10.1 Å². The minimum atomic E-state index is -0.168. The molecular weight excluding hydrogens is 214 g/mol. The molecule has 0 saturated heterocycles. The van der Waals surface area contributed by atoms with E-state index in [4.69, 9.17) is 4.74 Å². The van der Waals surface area contributed by atoms with Gasteiger partial charge in [0.15, 0.2) is 0 Å². The summed E-state index contributed by atoms with van der Waals surface area (Å²) >= 11 is 0. The molecule has 1 unspecified atom stereocenters. The number of rotatable bonds is 5. The first kappa shape index (κ1) is 14.0. The second-order valence-electron chi connectivity index (χ2n) is 4.43. The van der Waals surface area contributed by atoms with E-state index < -0.39 is 0 Å². The Balaban J connectivity index is 2.26. The molecule has 0 heterocycles. The normalized spacial score (nSPS) is 20.4. The van der Waals surface area contributed by atoms with E-state index >= 15 is 0 Å². The summed E-state index contributed by atoms with van der Waals surface area (Å²) < 4.78 is 4.86. The third-order valence-electron chi connectivity index (χ3n) is 2.86. The van der Waals surface area contributed by atoms with Gasteiger partial charge in [-0.15, -0.1) is 0 Å². The summed E-state index contributed by atoms with van der Waals surface area (Å²) in [5.74, 6) is 0.353. The van der Waals surface area contributed by atoms with Gasteiger partial charge in [0.05, 0.1) is 13.2 Å². The molecule has 3 heteroatoms. The van der Waals surface area contributed by atoms with Crippen molar-refractivity contribution in [3.05, 3.63) is 23.8 Å². The van der Waals surface area contributed by atoms with E-state index in [9.17, 15) is 4.79 Å². The van der Waals surface area contributed by atoms with Crippen LogP contribution in [0.2, 0.25) is 0 Å². The van der Waals surface area contributed by atoms with Crippen LogP contribution in [-0.4, -0.2) is 25.7 Å². The van der Waals surface area contributed by atoms with Gasteiger partial charge in [-0.2, -0.15) is 0 Å². The molecule has 0 spiro atoms. The third-order valence-corrected chi connectivity index (χ3v) is 2.86. The van der Waals surface area contributed by atoms with E-state index in [-0.39, 0.29) is 5.97 Å². The minimum Gasteiger partial charge on any atom is -0.465 e. The summed E-state index contributed by atoms with van der Waals surface area (Å²) in [4.78, 5) is 11.1. The van der Waals surface area contributed by atoms with Gasteiger partial charge in [0.25, 0.3) is 0 Å². The Kier molecular flexibility index (Phi) is 6.63. The summed E-state index contributed by atoms with van der Waals surface area (Å²) in [5, 5.41) is 3.16. The van der Waals surface area contributed by atoms with Crippen molar-refractivity contribution in [2.24, 2.45) is 5.92 Å². The topological polar surface area (TPSA) is 38.3 Å². The Morgan fingerprint density at radius 2 is 2.41 bits per heavy atom.